The lowest BCUT2D eigenvalue weighted by Gasteiger charge is -2.27. The molecule has 61 heavy (non-hydrogen) atoms. The lowest BCUT2D eigenvalue weighted by atomic mass is 10.0. The monoisotopic (exact) mass is 868 g/mol. The van der Waals surface area contributed by atoms with Crippen LogP contribution in [0.1, 0.15) is 83.8 Å². The van der Waals surface area contributed by atoms with E-state index >= 15 is 0 Å². The number of ether oxygens (including phenoxy) is 1. The minimum absolute atomic E-state index is 0.0217. The first-order chi connectivity index (χ1) is 28.9. The third-order valence-corrected chi connectivity index (χ3v) is 14.1. The first-order valence-electron chi connectivity index (χ1n) is 18.7. The van der Waals surface area contributed by atoms with Gasteiger partial charge in [0.2, 0.25) is 23.6 Å². The molecule has 4 aromatic carbocycles. The zero-order valence-corrected chi connectivity index (χ0v) is 34.1. The van der Waals surface area contributed by atoms with Crippen molar-refractivity contribution in [3.05, 3.63) is 124 Å². The van der Waals surface area contributed by atoms with E-state index in [1.165, 1.54) is 61.7 Å². The molecule has 17 nitrogen and oxygen atoms in total. The number of nitrogens with one attached hydrogen (secondary N) is 2. The van der Waals surface area contributed by atoms with Crippen LogP contribution < -0.4 is 15.4 Å². The molecule has 0 aromatic heterocycles. The fourth-order valence-electron chi connectivity index (χ4n) is 7.52. The van der Waals surface area contributed by atoms with Gasteiger partial charge in [0.25, 0.3) is 23.6 Å². The van der Waals surface area contributed by atoms with Crippen LogP contribution in [0, 0.1) is 6.92 Å². The van der Waals surface area contributed by atoms with E-state index in [4.69, 9.17) is 4.74 Å². The molecule has 19 heteroatoms. The maximum Gasteiger partial charge on any atom is 0.262 e. The Balaban J connectivity index is 0.000000184. The molecular weight excluding hydrogens is 833 g/mol. The van der Waals surface area contributed by atoms with Crippen LogP contribution >= 0.6 is 0 Å². The van der Waals surface area contributed by atoms with Crippen LogP contribution in [0.2, 0.25) is 0 Å². The van der Waals surface area contributed by atoms with Crippen molar-refractivity contribution in [2.45, 2.75) is 66.0 Å². The van der Waals surface area contributed by atoms with Crippen LogP contribution in [0.3, 0.4) is 0 Å². The lowest BCUT2D eigenvalue weighted by molar-refractivity contribution is -0.137. The van der Waals surface area contributed by atoms with E-state index in [0.29, 0.717) is 22.4 Å². The van der Waals surface area contributed by atoms with Gasteiger partial charge in [0.05, 0.1) is 50.7 Å². The number of piperidine rings is 2. The van der Waals surface area contributed by atoms with Crippen molar-refractivity contribution in [2.75, 3.05) is 7.11 Å². The Morgan fingerprint density at radius 1 is 0.574 bits per heavy atom. The van der Waals surface area contributed by atoms with E-state index in [1.807, 2.05) is 0 Å². The van der Waals surface area contributed by atoms with Gasteiger partial charge in [-0.3, -0.25) is 58.8 Å². The van der Waals surface area contributed by atoms with Crippen LogP contribution in [0.4, 0.5) is 0 Å². The molecule has 4 aromatic rings. The molecule has 8 amide bonds. The number of rotatable bonds is 9. The molecule has 4 heterocycles. The highest BCUT2D eigenvalue weighted by atomic mass is 32.2. The summed E-state index contributed by atoms with van der Waals surface area (Å²) in [4.78, 5) is 100. The number of carbonyl (C=O) groups excluding carboxylic acids is 8. The third-order valence-electron chi connectivity index (χ3n) is 10.6. The number of hydrogen-bond acceptors (Lipinski definition) is 13. The van der Waals surface area contributed by atoms with Gasteiger partial charge < -0.3 is 4.74 Å². The number of nitrogens with zero attached hydrogens (tertiary/aromatic N) is 2. The average Bonchev–Trinajstić information content (AvgIpc) is 3.60. The molecule has 2 N–H and O–H groups in total. The SMILES string of the molecule is COc1cccc(S(=O)(=O)Cc2ccc3c(c2)C(=O)N(C2CCC(=O)NC2=O)C3=O)c1.Cc1ccccc1S(=O)(=O)Cc1ccc2c(c1)C(=O)N(C1CCC(=O)NC1=O)C2=O. The van der Waals surface area contributed by atoms with Crippen molar-refractivity contribution in [3.8, 4) is 5.75 Å². The van der Waals surface area contributed by atoms with E-state index in [-0.39, 0.29) is 69.2 Å². The largest absolute Gasteiger partial charge is 0.497 e. The average molecular weight is 869 g/mol. The molecule has 2 saturated heterocycles. The number of imide groups is 4. The van der Waals surface area contributed by atoms with Crippen molar-refractivity contribution < 1.29 is 59.9 Å². The highest BCUT2D eigenvalue weighted by Gasteiger charge is 2.46. The Bertz CT molecular complexity index is 2840. The van der Waals surface area contributed by atoms with E-state index in [2.05, 4.69) is 10.6 Å². The first-order valence-corrected chi connectivity index (χ1v) is 22.0. The Labute approximate surface area is 348 Å². The number of amides is 8. The second kappa shape index (κ2) is 16.3. The molecule has 2 atom stereocenters. The summed E-state index contributed by atoms with van der Waals surface area (Å²) < 4.78 is 56.3. The number of carbonyl (C=O) groups is 8. The Morgan fingerprint density at radius 2 is 1.05 bits per heavy atom. The second-order valence-electron chi connectivity index (χ2n) is 14.6. The fourth-order valence-corrected chi connectivity index (χ4v) is 10.5. The molecule has 0 aliphatic carbocycles. The zero-order valence-electron chi connectivity index (χ0n) is 32.5. The number of aryl methyl sites for hydroxylation is 1. The highest BCUT2D eigenvalue weighted by Crippen LogP contribution is 2.32. The van der Waals surface area contributed by atoms with Gasteiger partial charge >= 0.3 is 0 Å². The van der Waals surface area contributed by atoms with Crippen molar-refractivity contribution in [1.82, 2.24) is 20.4 Å². The van der Waals surface area contributed by atoms with Crippen molar-refractivity contribution in [3.63, 3.8) is 0 Å². The predicted octanol–water partition coefficient (Wildman–Crippen LogP) is 2.44. The van der Waals surface area contributed by atoms with Crippen molar-refractivity contribution >= 4 is 66.9 Å². The maximum absolute atomic E-state index is 12.9. The third kappa shape index (κ3) is 8.21. The summed E-state index contributed by atoms with van der Waals surface area (Å²) in [6.45, 7) is 1.70. The minimum atomic E-state index is -3.73. The predicted molar refractivity (Wildman–Crippen MR) is 212 cm³/mol. The number of fused-ring (bicyclic) bond motifs is 2. The van der Waals surface area contributed by atoms with Gasteiger partial charge in [0, 0.05) is 12.8 Å². The number of methoxy groups -OCH3 is 1. The molecule has 4 aliphatic rings. The Kier molecular flexibility index (Phi) is 11.3. The quantitative estimate of drug-likeness (QED) is 0.230. The molecule has 0 radical (unpaired) electrons. The van der Waals surface area contributed by atoms with Crippen molar-refractivity contribution in [2.24, 2.45) is 0 Å². The topological polar surface area (TPSA) is 245 Å². The summed E-state index contributed by atoms with van der Waals surface area (Å²) in [7, 11) is -5.95. The summed E-state index contributed by atoms with van der Waals surface area (Å²) in [5.74, 6) is -5.23. The summed E-state index contributed by atoms with van der Waals surface area (Å²) >= 11 is 0. The van der Waals surface area contributed by atoms with Gasteiger partial charge in [-0.2, -0.15) is 0 Å². The lowest BCUT2D eigenvalue weighted by Crippen LogP contribution is -2.54. The maximum atomic E-state index is 12.9. The molecule has 0 spiro atoms. The smallest absolute Gasteiger partial charge is 0.262 e. The number of sulfone groups is 2. The van der Waals surface area contributed by atoms with E-state index < -0.39 is 79.0 Å². The van der Waals surface area contributed by atoms with Crippen LogP contribution in [-0.2, 0) is 50.4 Å². The molecule has 0 bridgehead atoms. The number of benzene rings is 4. The summed E-state index contributed by atoms with van der Waals surface area (Å²) in [6.07, 6.45) is 0.162. The molecular formula is C42H36N4O13S2. The second-order valence-corrected chi connectivity index (χ2v) is 18.6. The van der Waals surface area contributed by atoms with E-state index in [0.717, 1.165) is 9.80 Å². The molecule has 4 aliphatic heterocycles. The van der Waals surface area contributed by atoms with Crippen LogP contribution in [-0.4, -0.2) is 93.1 Å². The molecule has 2 unspecified atom stereocenters. The highest BCUT2D eigenvalue weighted by molar-refractivity contribution is 7.91. The van der Waals surface area contributed by atoms with Gasteiger partial charge in [-0.05, 0) is 85.0 Å². The molecule has 314 valence electrons. The Hall–Kier alpha value is -6.86. The standard InChI is InChI=1S/C21H18N2O7S.C21H18N2O6S/c1-30-13-3-2-4-14(10-13)31(28,29)11-12-5-6-15-16(9-12)21(27)23(20(15)26)17-7-8-18(24)22-19(17)25;1-12-4-2-3-5-17(12)30(28,29)11-13-6-7-14-15(10-13)21(27)23(20(14)26)16-8-9-18(24)22-19(16)25/h2-6,9-10,17H,7-8,11H2,1H3,(H,22,24,25);2-7,10,16H,8-9,11H2,1H3,(H,22,24,25). The summed E-state index contributed by atoms with van der Waals surface area (Å²) in [5, 5.41) is 4.27. The van der Waals surface area contributed by atoms with Crippen molar-refractivity contribution in [1.29, 1.82) is 0 Å². The number of hydrogen-bond donors (Lipinski definition) is 2. The van der Waals surface area contributed by atoms with Gasteiger partial charge in [0.1, 0.15) is 17.8 Å². The van der Waals surface area contributed by atoms with E-state index in [9.17, 15) is 55.2 Å². The minimum Gasteiger partial charge on any atom is -0.497 e. The van der Waals surface area contributed by atoms with E-state index in [1.54, 1.807) is 37.3 Å². The summed E-state index contributed by atoms with van der Waals surface area (Å²) in [5.41, 5.74) is 1.61. The van der Waals surface area contributed by atoms with Crippen LogP contribution in [0.15, 0.2) is 94.7 Å². The zero-order chi connectivity index (χ0) is 44.0. The normalized spacial score (nSPS) is 18.9. The molecule has 0 saturated carbocycles. The molecule has 2 fully saturated rings. The Morgan fingerprint density at radius 3 is 1.52 bits per heavy atom. The van der Waals surface area contributed by atoms with Gasteiger partial charge in [-0.15, -0.1) is 0 Å². The summed E-state index contributed by atoms with van der Waals surface area (Å²) in [6, 6.07) is 19.0. The van der Waals surface area contributed by atoms with Gasteiger partial charge in [-0.25, -0.2) is 16.8 Å². The molecule has 8 rings (SSSR count). The van der Waals surface area contributed by atoms with Crippen LogP contribution in [0.25, 0.3) is 0 Å². The van der Waals surface area contributed by atoms with Gasteiger partial charge in [-0.1, -0.05) is 36.4 Å². The van der Waals surface area contributed by atoms with Crippen LogP contribution in [0.5, 0.6) is 5.75 Å². The first kappa shape index (κ1) is 42.3. The van der Waals surface area contributed by atoms with Gasteiger partial charge in [0.15, 0.2) is 19.7 Å². The fraction of sp³-hybridized carbons (Fsp3) is 0.238.